The van der Waals surface area contributed by atoms with E-state index >= 15 is 0 Å². The lowest BCUT2D eigenvalue weighted by atomic mass is 9.94. The van der Waals surface area contributed by atoms with E-state index in [-0.39, 0.29) is 16.7 Å². The average Bonchev–Trinajstić information content (AvgIpc) is 2.44. The number of alkyl halides is 1. The standard InChI is InChI=1S/C8H9BrO2/c9-7-5-2-1-4(3-5)6(7)8(10)11/h1-2,4-7H,3H2,(H,10,11). The fourth-order valence-corrected chi connectivity index (χ4v) is 3.09. The van der Waals surface area contributed by atoms with E-state index in [9.17, 15) is 4.79 Å². The number of hydrogen-bond acceptors (Lipinski definition) is 1. The highest BCUT2D eigenvalue weighted by molar-refractivity contribution is 9.09. The number of fused-ring (bicyclic) bond motifs is 2. The van der Waals surface area contributed by atoms with E-state index in [1.165, 1.54) is 0 Å². The summed E-state index contributed by atoms with van der Waals surface area (Å²) in [5.41, 5.74) is 0. The van der Waals surface area contributed by atoms with Crippen LogP contribution in [0.25, 0.3) is 0 Å². The summed E-state index contributed by atoms with van der Waals surface area (Å²) in [7, 11) is 0. The van der Waals surface area contributed by atoms with E-state index in [4.69, 9.17) is 5.11 Å². The molecule has 0 saturated heterocycles. The highest BCUT2D eigenvalue weighted by Gasteiger charge is 2.46. The van der Waals surface area contributed by atoms with Crippen molar-refractivity contribution in [2.24, 2.45) is 17.8 Å². The number of carboxylic acids is 1. The molecule has 0 aromatic carbocycles. The summed E-state index contributed by atoms with van der Waals surface area (Å²) >= 11 is 3.43. The van der Waals surface area contributed by atoms with Crippen molar-refractivity contribution in [3.05, 3.63) is 12.2 Å². The smallest absolute Gasteiger partial charge is 0.308 e. The second kappa shape index (κ2) is 2.34. The molecule has 2 nitrogen and oxygen atoms in total. The molecule has 1 N–H and O–H groups in total. The number of carbonyl (C=O) groups is 1. The van der Waals surface area contributed by atoms with Crippen LogP contribution in [0.3, 0.4) is 0 Å². The fourth-order valence-electron chi connectivity index (χ4n) is 2.08. The van der Waals surface area contributed by atoms with Crippen molar-refractivity contribution in [1.82, 2.24) is 0 Å². The van der Waals surface area contributed by atoms with Crippen molar-refractivity contribution in [2.75, 3.05) is 0 Å². The Kier molecular flexibility index (Phi) is 1.56. The van der Waals surface area contributed by atoms with Gasteiger partial charge in [0, 0.05) is 4.83 Å². The minimum Gasteiger partial charge on any atom is -0.481 e. The molecule has 4 unspecified atom stereocenters. The molecule has 0 aromatic rings. The Hall–Kier alpha value is -0.310. The lowest BCUT2D eigenvalue weighted by Crippen LogP contribution is -2.27. The zero-order valence-electron chi connectivity index (χ0n) is 5.90. The minimum atomic E-state index is -0.663. The third-order valence-electron chi connectivity index (χ3n) is 2.65. The van der Waals surface area contributed by atoms with Crippen LogP contribution in [0.15, 0.2) is 12.2 Å². The zero-order chi connectivity index (χ0) is 8.01. The molecule has 4 atom stereocenters. The topological polar surface area (TPSA) is 37.3 Å². The van der Waals surface area contributed by atoms with Crippen molar-refractivity contribution < 1.29 is 9.90 Å². The Labute approximate surface area is 73.4 Å². The van der Waals surface area contributed by atoms with Crippen LogP contribution < -0.4 is 0 Å². The van der Waals surface area contributed by atoms with E-state index in [2.05, 4.69) is 22.0 Å². The normalized spacial score (nSPS) is 46.6. The number of hydrogen-bond donors (Lipinski definition) is 1. The first-order valence-electron chi connectivity index (χ1n) is 3.75. The molecule has 60 valence electrons. The van der Waals surface area contributed by atoms with Gasteiger partial charge < -0.3 is 5.11 Å². The highest BCUT2D eigenvalue weighted by Crippen LogP contribution is 2.47. The maximum atomic E-state index is 10.7. The van der Waals surface area contributed by atoms with Gasteiger partial charge in [-0.3, -0.25) is 4.79 Å². The van der Waals surface area contributed by atoms with Crippen molar-refractivity contribution in [3.8, 4) is 0 Å². The van der Waals surface area contributed by atoms with Crippen molar-refractivity contribution in [1.29, 1.82) is 0 Å². The first kappa shape index (κ1) is 7.35. The number of aliphatic carboxylic acids is 1. The van der Waals surface area contributed by atoms with E-state index in [1.807, 2.05) is 6.08 Å². The summed E-state index contributed by atoms with van der Waals surface area (Å²) in [6, 6.07) is 0. The molecule has 2 aliphatic rings. The molecule has 1 fully saturated rings. The summed E-state index contributed by atoms with van der Waals surface area (Å²) in [4.78, 5) is 10.9. The predicted octanol–water partition coefficient (Wildman–Crippen LogP) is 1.66. The first-order valence-corrected chi connectivity index (χ1v) is 4.67. The molecule has 1 saturated carbocycles. The first-order chi connectivity index (χ1) is 5.20. The SMILES string of the molecule is O=C(O)C1C2C=CC(C2)C1Br. The van der Waals surface area contributed by atoms with Crippen LogP contribution in [0.2, 0.25) is 0 Å². The van der Waals surface area contributed by atoms with Gasteiger partial charge in [-0.2, -0.15) is 0 Å². The molecular weight excluding hydrogens is 208 g/mol. The van der Waals surface area contributed by atoms with Gasteiger partial charge in [0.1, 0.15) is 0 Å². The summed E-state index contributed by atoms with van der Waals surface area (Å²) in [5, 5.41) is 8.84. The molecule has 3 heteroatoms. The Morgan fingerprint density at radius 1 is 1.45 bits per heavy atom. The molecule has 0 aliphatic heterocycles. The van der Waals surface area contributed by atoms with E-state index in [0.717, 1.165) is 6.42 Å². The molecule has 11 heavy (non-hydrogen) atoms. The Morgan fingerprint density at radius 2 is 2.09 bits per heavy atom. The molecule has 2 rings (SSSR count). The van der Waals surface area contributed by atoms with Gasteiger partial charge in [-0.25, -0.2) is 0 Å². The maximum absolute atomic E-state index is 10.7. The predicted molar refractivity (Wildman–Crippen MR) is 44.6 cm³/mol. The molecule has 0 amide bonds. The number of rotatable bonds is 1. The van der Waals surface area contributed by atoms with Gasteiger partial charge in [0.05, 0.1) is 5.92 Å². The van der Waals surface area contributed by atoms with Crippen LogP contribution in [-0.4, -0.2) is 15.9 Å². The van der Waals surface area contributed by atoms with Crippen LogP contribution in [0.5, 0.6) is 0 Å². The minimum absolute atomic E-state index is 0.162. The number of allylic oxidation sites excluding steroid dienone is 2. The van der Waals surface area contributed by atoms with Gasteiger partial charge in [0.25, 0.3) is 0 Å². The lowest BCUT2D eigenvalue weighted by molar-refractivity contribution is -0.142. The summed E-state index contributed by atoms with van der Waals surface area (Å²) in [5.74, 6) is -0.114. The lowest BCUT2D eigenvalue weighted by Gasteiger charge is -2.18. The average molecular weight is 217 g/mol. The second-order valence-corrected chi connectivity index (χ2v) is 4.31. The largest absolute Gasteiger partial charge is 0.481 e. The van der Waals surface area contributed by atoms with Crippen molar-refractivity contribution in [3.63, 3.8) is 0 Å². The van der Waals surface area contributed by atoms with Crippen LogP contribution in [0, 0.1) is 17.8 Å². The zero-order valence-corrected chi connectivity index (χ0v) is 7.49. The molecule has 0 heterocycles. The summed E-state index contributed by atoms with van der Waals surface area (Å²) in [6.45, 7) is 0. The Morgan fingerprint density at radius 3 is 2.45 bits per heavy atom. The molecule has 0 aromatic heterocycles. The molecule has 0 spiro atoms. The monoisotopic (exact) mass is 216 g/mol. The van der Waals surface area contributed by atoms with E-state index < -0.39 is 5.97 Å². The van der Waals surface area contributed by atoms with Crippen LogP contribution in [0.1, 0.15) is 6.42 Å². The van der Waals surface area contributed by atoms with Gasteiger partial charge in [0.15, 0.2) is 0 Å². The van der Waals surface area contributed by atoms with Crippen LogP contribution in [0.4, 0.5) is 0 Å². The maximum Gasteiger partial charge on any atom is 0.308 e. The third kappa shape index (κ3) is 0.940. The van der Waals surface area contributed by atoms with Gasteiger partial charge >= 0.3 is 5.97 Å². The molecule has 2 aliphatic carbocycles. The highest BCUT2D eigenvalue weighted by atomic mass is 79.9. The van der Waals surface area contributed by atoms with E-state index in [1.54, 1.807) is 0 Å². The Bertz CT molecular complexity index is 224. The number of carboxylic acid groups (broad SMARTS) is 1. The molecular formula is C8H9BrO2. The van der Waals surface area contributed by atoms with Crippen LogP contribution >= 0.6 is 15.9 Å². The van der Waals surface area contributed by atoms with Gasteiger partial charge in [-0.15, -0.1) is 0 Å². The summed E-state index contributed by atoms with van der Waals surface area (Å²) < 4.78 is 0. The van der Waals surface area contributed by atoms with Crippen LogP contribution in [-0.2, 0) is 4.79 Å². The van der Waals surface area contributed by atoms with Crippen molar-refractivity contribution in [2.45, 2.75) is 11.2 Å². The Balaban J connectivity index is 2.25. The summed E-state index contributed by atoms with van der Waals surface area (Å²) in [6.07, 6.45) is 5.19. The molecule has 0 radical (unpaired) electrons. The quantitative estimate of drug-likeness (QED) is 0.535. The van der Waals surface area contributed by atoms with E-state index in [0.29, 0.717) is 5.92 Å². The number of halogens is 1. The van der Waals surface area contributed by atoms with Gasteiger partial charge in [0.2, 0.25) is 0 Å². The van der Waals surface area contributed by atoms with Crippen molar-refractivity contribution >= 4 is 21.9 Å². The fraction of sp³-hybridized carbons (Fsp3) is 0.625. The molecule has 2 bridgehead atoms. The second-order valence-electron chi connectivity index (χ2n) is 3.26. The van der Waals surface area contributed by atoms with Gasteiger partial charge in [-0.1, -0.05) is 28.1 Å². The third-order valence-corrected chi connectivity index (χ3v) is 3.90. The van der Waals surface area contributed by atoms with Gasteiger partial charge in [-0.05, 0) is 18.3 Å².